The molecule has 0 amide bonds. The van der Waals surface area contributed by atoms with Crippen molar-refractivity contribution in [2.24, 2.45) is 0 Å². The van der Waals surface area contributed by atoms with Gasteiger partial charge in [0.05, 0.1) is 6.04 Å². The molecular weight excluding hydrogens is 214 g/mol. The van der Waals surface area contributed by atoms with Crippen LogP contribution in [0.4, 0.5) is 5.82 Å². The summed E-state index contributed by atoms with van der Waals surface area (Å²) in [6, 6.07) is 4.57. The predicted molar refractivity (Wildman–Crippen MR) is 67.0 cm³/mol. The average Bonchev–Trinajstić information content (AvgIpc) is 2.33. The zero-order chi connectivity index (χ0) is 11.7. The highest BCUT2D eigenvalue weighted by Crippen LogP contribution is 2.18. The minimum atomic E-state index is 0.557. The van der Waals surface area contributed by atoms with E-state index in [1.165, 1.54) is 0 Å². The van der Waals surface area contributed by atoms with Crippen molar-refractivity contribution in [1.82, 2.24) is 20.3 Å². The lowest BCUT2D eigenvalue weighted by molar-refractivity contribution is 0.415. The molecule has 0 aliphatic carbocycles. The molecule has 0 bridgehead atoms. The second-order valence-electron chi connectivity index (χ2n) is 4.17. The first-order chi connectivity index (χ1) is 8.38. The fourth-order valence-electron chi connectivity index (χ4n) is 2.11. The highest BCUT2D eigenvalue weighted by atomic mass is 15.3. The Balaban J connectivity index is 1.98. The van der Waals surface area contributed by atoms with Crippen molar-refractivity contribution in [2.75, 3.05) is 24.5 Å². The van der Waals surface area contributed by atoms with Crippen molar-refractivity contribution >= 4 is 17.0 Å². The Morgan fingerprint density at radius 3 is 2.82 bits per heavy atom. The number of aromatic nitrogens is 3. The maximum atomic E-state index is 4.57. The molecule has 1 aliphatic heterocycles. The van der Waals surface area contributed by atoms with Gasteiger partial charge in [-0.3, -0.25) is 4.98 Å². The Morgan fingerprint density at radius 2 is 2.12 bits per heavy atom. The number of fused-ring (bicyclic) bond motifs is 1. The van der Waals surface area contributed by atoms with Gasteiger partial charge in [-0.1, -0.05) is 0 Å². The summed E-state index contributed by atoms with van der Waals surface area (Å²) in [5.41, 5.74) is 1.56. The highest BCUT2D eigenvalue weighted by Gasteiger charge is 2.24. The van der Waals surface area contributed by atoms with Crippen LogP contribution in [0.25, 0.3) is 11.2 Å². The SMILES string of the molecule is CCN(c1ccc2nccnc2n1)C1CNC1. The molecule has 0 atom stereocenters. The number of hydrogen-bond acceptors (Lipinski definition) is 5. The van der Waals surface area contributed by atoms with Crippen LogP contribution in [-0.4, -0.2) is 40.6 Å². The average molecular weight is 229 g/mol. The fraction of sp³-hybridized carbons (Fsp3) is 0.417. The molecule has 0 saturated carbocycles. The van der Waals surface area contributed by atoms with Gasteiger partial charge in [-0.15, -0.1) is 0 Å². The first-order valence-corrected chi connectivity index (χ1v) is 5.93. The minimum Gasteiger partial charge on any atom is -0.351 e. The van der Waals surface area contributed by atoms with Gasteiger partial charge in [-0.05, 0) is 19.1 Å². The number of hydrogen-bond donors (Lipinski definition) is 1. The maximum absolute atomic E-state index is 4.57. The molecule has 3 heterocycles. The quantitative estimate of drug-likeness (QED) is 0.844. The van der Waals surface area contributed by atoms with E-state index in [-0.39, 0.29) is 0 Å². The molecule has 5 nitrogen and oxygen atoms in total. The molecule has 1 fully saturated rings. The first kappa shape index (κ1) is 10.4. The third kappa shape index (κ3) is 1.82. The number of rotatable bonds is 3. The van der Waals surface area contributed by atoms with Crippen molar-refractivity contribution in [3.63, 3.8) is 0 Å². The van der Waals surface area contributed by atoms with E-state index in [9.17, 15) is 0 Å². The third-order valence-corrected chi connectivity index (χ3v) is 3.15. The summed E-state index contributed by atoms with van der Waals surface area (Å²) in [7, 11) is 0. The van der Waals surface area contributed by atoms with E-state index < -0.39 is 0 Å². The topological polar surface area (TPSA) is 53.9 Å². The number of nitrogens with one attached hydrogen (secondary N) is 1. The Hall–Kier alpha value is -1.75. The largest absolute Gasteiger partial charge is 0.351 e. The van der Waals surface area contributed by atoms with E-state index in [0.717, 1.165) is 36.6 Å². The van der Waals surface area contributed by atoms with E-state index in [0.29, 0.717) is 6.04 Å². The summed E-state index contributed by atoms with van der Waals surface area (Å²) in [5.74, 6) is 0.993. The molecule has 0 unspecified atom stereocenters. The molecule has 1 aliphatic rings. The standard InChI is InChI=1S/C12H15N5/c1-2-17(9-7-13-8-9)11-4-3-10-12(16-11)15-6-5-14-10/h3-6,9,13H,2,7-8H2,1H3. The third-order valence-electron chi connectivity index (χ3n) is 3.15. The van der Waals surface area contributed by atoms with Gasteiger partial charge >= 0.3 is 0 Å². The molecule has 88 valence electrons. The number of nitrogens with zero attached hydrogens (tertiary/aromatic N) is 4. The molecule has 0 spiro atoms. The lowest BCUT2D eigenvalue weighted by atomic mass is 10.1. The van der Waals surface area contributed by atoms with Crippen molar-refractivity contribution < 1.29 is 0 Å². The van der Waals surface area contributed by atoms with Crippen LogP contribution in [-0.2, 0) is 0 Å². The Bertz CT molecular complexity index is 523. The summed E-state index contributed by atoms with van der Waals surface area (Å²) < 4.78 is 0. The van der Waals surface area contributed by atoms with Gasteiger partial charge in [0, 0.05) is 32.0 Å². The van der Waals surface area contributed by atoms with Crippen molar-refractivity contribution in [2.45, 2.75) is 13.0 Å². The van der Waals surface area contributed by atoms with Crippen LogP contribution in [0.5, 0.6) is 0 Å². The lowest BCUT2D eigenvalue weighted by Crippen LogP contribution is -2.57. The van der Waals surface area contributed by atoms with E-state index in [4.69, 9.17) is 0 Å². The van der Waals surface area contributed by atoms with E-state index >= 15 is 0 Å². The van der Waals surface area contributed by atoms with Crippen LogP contribution in [0.2, 0.25) is 0 Å². The summed E-state index contributed by atoms with van der Waals surface area (Å²) >= 11 is 0. The minimum absolute atomic E-state index is 0.557. The zero-order valence-corrected chi connectivity index (χ0v) is 9.80. The molecule has 5 heteroatoms. The lowest BCUT2D eigenvalue weighted by Gasteiger charge is -2.38. The Labute approximate surface area is 99.9 Å². The van der Waals surface area contributed by atoms with Crippen LogP contribution in [0, 0.1) is 0 Å². The van der Waals surface area contributed by atoms with Crippen molar-refractivity contribution in [1.29, 1.82) is 0 Å². The number of anilines is 1. The predicted octanol–water partition coefficient (Wildman–Crippen LogP) is 0.823. The molecule has 1 N–H and O–H groups in total. The van der Waals surface area contributed by atoms with Gasteiger partial charge in [-0.25, -0.2) is 9.97 Å². The number of pyridine rings is 1. The van der Waals surface area contributed by atoms with Crippen LogP contribution in [0.3, 0.4) is 0 Å². The zero-order valence-electron chi connectivity index (χ0n) is 9.80. The Morgan fingerprint density at radius 1 is 1.29 bits per heavy atom. The van der Waals surface area contributed by atoms with Crippen LogP contribution in [0.15, 0.2) is 24.5 Å². The maximum Gasteiger partial charge on any atom is 0.180 e. The molecule has 17 heavy (non-hydrogen) atoms. The van der Waals surface area contributed by atoms with E-state index in [1.54, 1.807) is 12.4 Å². The number of likely N-dealkylation sites (N-methyl/N-ethyl adjacent to an activating group) is 1. The summed E-state index contributed by atoms with van der Waals surface area (Å²) in [6.07, 6.45) is 3.37. The molecule has 2 aromatic heterocycles. The molecular formula is C12H15N5. The van der Waals surface area contributed by atoms with Crippen LogP contribution < -0.4 is 10.2 Å². The first-order valence-electron chi connectivity index (χ1n) is 5.93. The molecule has 1 saturated heterocycles. The smallest absolute Gasteiger partial charge is 0.180 e. The van der Waals surface area contributed by atoms with E-state index in [2.05, 4.69) is 32.1 Å². The second-order valence-corrected chi connectivity index (χ2v) is 4.17. The molecule has 3 rings (SSSR count). The molecule has 0 radical (unpaired) electrons. The van der Waals surface area contributed by atoms with Crippen molar-refractivity contribution in [3.8, 4) is 0 Å². The van der Waals surface area contributed by atoms with Gasteiger partial charge in [0.1, 0.15) is 11.3 Å². The highest BCUT2D eigenvalue weighted by molar-refractivity contribution is 5.71. The van der Waals surface area contributed by atoms with E-state index in [1.807, 2.05) is 12.1 Å². The molecule has 2 aromatic rings. The summed E-state index contributed by atoms with van der Waals surface area (Å²) in [6.45, 7) is 5.19. The van der Waals surface area contributed by atoms with Gasteiger partial charge in [-0.2, -0.15) is 0 Å². The summed E-state index contributed by atoms with van der Waals surface area (Å²) in [4.78, 5) is 15.4. The fourth-order valence-corrected chi connectivity index (χ4v) is 2.11. The van der Waals surface area contributed by atoms with Crippen LogP contribution in [0.1, 0.15) is 6.92 Å². The Kier molecular flexibility index (Phi) is 2.60. The van der Waals surface area contributed by atoms with Gasteiger partial charge < -0.3 is 10.2 Å². The molecule has 0 aromatic carbocycles. The van der Waals surface area contributed by atoms with Crippen LogP contribution >= 0.6 is 0 Å². The monoisotopic (exact) mass is 229 g/mol. The van der Waals surface area contributed by atoms with Gasteiger partial charge in [0.15, 0.2) is 5.65 Å². The second kappa shape index (κ2) is 4.25. The van der Waals surface area contributed by atoms with Gasteiger partial charge in [0.2, 0.25) is 0 Å². The van der Waals surface area contributed by atoms with Crippen molar-refractivity contribution in [3.05, 3.63) is 24.5 Å². The summed E-state index contributed by atoms with van der Waals surface area (Å²) in [5, 5.41) is 3.29. The normalized spacial score (nSPS) is 15.8. The van der Waals surface area contributed by atoms with Gasteiger partial charge in [0.25, 0.3) is 0 Å².